The van der Waals surface area contributed by atoms with Crippen LogP contribution < -0.4 is 11.3 Å². The molecule has 3 rings (SSSR count). The molecule has 1 aromatic heterocycles. The Bertz CT molecular complexity index is 715. The number of aromatic nitrogens is 1. The van der Waals surface area contributed by atoms with Crippen LogP contribution in [0.2, 0.25) is 0 Å². The van der Waals surface area contributed by atoms with Gasteiger partial charge in [0.05, 0.1) is 0 Å². The fourth-order valence-electron chi connectivity index (χ4n) is 4.05. The minimum absolute atomic E-state index is 0.0962. The molecule has 25 heavy (non-hydrogen) atoms. The van der Waals surface area contributed by atoms with E-state index in [9.17, 15) is 14.4 Å². The molecule has 0 spiro atoms. The lowest BCUT2D eigenvalue weighted by Gasteiger charge is -2.47. The molecule has 0 bridgehead atoms. The first-order chi connectivity index (χ1) is 12.0. The van der Waals surface area contributed by atoms with Crippen LogP contribution in [0.25, 0.3) is 0 Å². The van der Waals surface area contributed by atoms with Crippen molar-refractivity contribution in [2.45, 2.75) is 38.8 Å². The number of nitrogens with two attached hydrogens (primary N) is 1. The molecular formula is C18H26N4O3. The lowest BCUT2D eigenvalue weighted by atomic mass is 9.83. The second-order valence-electron chi connectivity index (χ2n) is 6.82. The van der Waals surface area contributed by atoms with E-state index in [1.807, 2.05) is 16.7 Å². The van der Waals surface area contributed by atoms with Gasteiger partial charge in [-0.15, -0.1) is 0 Å². The van der Waals surface area contributed by atoms with E-state index in [1.54, 1.807) is 16.8 Å². The van der Waals surface area contributed by atoms with E-state index in [-0.39, 0.29) is 29.3 Å². The Morgan fingerprint density at radius 2 is 2.12 bits per heavy atom. The highest BCUT2D eigenvalue weighted by molar-refractivity contribution is 5.94. The molecule has 1 aromatic rings. The van der Waals surface area contributed by atoms with Crippen molar-refractivity contribution in [1.82, 2.24) is 14.4 Å². The average Bonchev–Trinajstić information content (AvgIpc) is 2.63. The summed E-state index contributed by atoms with van der Waals surface area (Å²) in [4.78, 5) is 40.6. The summed E-state index contributed by atoms with van der Waals surface area (Å²) >= 11 is 0. The van der Waals surface area contributed by atoms with Crippen LogP contribution in [-0.4, -0.2) is 58.4 Å². The van der Waals surface area contributed by atoms with Gasteiger partial charge in [0, 0.05) is 63.0 Å². The number of carbonyl (C=O) groups excluding carboxylic acids is 2. The SMILES string of the molecule is CCn1ccc(C(=O)N2CCC3C(CCC(=O)N3CCN)C2)cc1=O. The first-order valence-corrected chi connectivity index (χ1v) is 9.04. The van der Waals surface area contributed by atoms with Gasteiger partial charge in [-0.25, -0.2) is 0 Å². The van der Waals surface area contributed by atoms with Crippen molar-refractivity contribution >= 4 is 11.8 Å². The van der Waals surface area contributed by atoms with E-state index >= 15 is 0 Å². The van der Waals surface area contributed by atoms with Crippen molar-refractivity contribution in [2.24, 2.45) is 11.7 Å². The molecule has 0 saturated carbocycles. The molecule has 3 heterocycles. The predicted octanol–water partition coefficient (Wildman–Crippen LogP) is 0.280. The fraction of sp³-hybridized carbons (Fsp3) is 0.611. The molecule has 2 aliphatic rings. The molecule has 7 heteroatoms. The Morgan fingerprint density at radius 3 is 2.80 bits per heavy atom. The summed E-state index contributed by atoms with van der Waals surface area (Å²) in [5.41, 5.74) is 5.93. The number of hydrogen-bond acceptors (Lipinski definition) is 4. The van der Waals surface area contributed by atoms with Crippen molar-refractivity contribution in [1.29, 1.82) is 0 Å². The number of aryl methyl sites for hydroxylation is 1. The molecule has 2 unspecified atom stereocenters. The first kappa shape index (κ1) is 17.7. The zero-order valence-electron chi connectivity index (χ0n) is 14.7. The van der Waals surface area contributed by atoms with Gasteiger partial charge in [0.15, 0.2) is 0 Å². The van der Waals surface area contributed by atoms with Crippen molar-refractivity contribution in [3.63, 3.8) is 0 Å². The van der Waals surface area contributed by atoms with Crippen molar-refractivity contribution < 1.29 is 9.59 Å². The molecule has 7 nitrogen and oxygen atoms in total. The summed E-state index contributed by atoms with van der Waals surface area (Å²) in [5.74, 6) is 0.369. The van der Waals surface area contributed by atoms with Gasteiger partial charge in [-0.2, -0.15) is 0 Å². The number of fused-ring (bicyclic) bond motifs is 1. The molecule has 0 aliphatic carbocycles. The molecule has 2 N–H and O–H groups in total. The zero-order chi connectivity index (χ0) is 18.0. The van der Waals surface area contributed by atoms with Crippen LogP contribution in [-0.2, 0) is 11.3 Å². The average molecular weight is 346 g/mol. The maximum Gasteiger partial charge on any atom is 0.254 e. The van der Waals surface area contributed by atoms with Crippen LogP contribution in [0.3, 0.4) is 0 Å². The highest BCUT2D eigenvalue weighted by Gasteiger charge is 2.40. The molecule has 2 fully saturated rings. The molecule has 2 saturated heterocycles. The Balaban J connectivity index is 1.72. The van der Waals surface area contributed by atoms with Gasteiger partial charge < -0.3 is 20.1 Å². The quantitative estimate of drug-likeness (QED) is 0.848. The fourth-order valence-corrected chi connectivity index (χ4v) is 4.05. The van der Waals surface area contributed by atoms with E-state index in [1.165, 1.54) is 6.07 Å². The number of likely N-dealkylation sites (tertiary alicyclic amines) is 2. The maximum absolute atomic E-state index is 12.8. The molecule has 136 valence electrons. The van der Waals surface area contributed by atoms with Gasteiger partial charge in [0.2, 0.25) is 5.91 Å². The van der Waals surface area contributed by atoms with Crippen molar-refractivity contribution in [3.8, 4) is 0 Å². The monoisotopic (exact) mass is 346 g/mol. The van der Waals surface area contributed by atoms with Crippen LogP contribution in [0.15, 0.2) is 23.1 Å². The molecule has 0 aromatic carbocycles. The predicted molar refractivity (Wildman–Crippen MR) is 94.2 cm³/mol. The number of hydrogen-bond donors (Lipinski definition) is 1. The third kappa shape index (κ3) is 3.46. The van der Waals surface area contributed by atoms with Gasteiger partial charge in [-0.05, 0) is 31.7 Å². The van der Waals surface area contributed by atoms with Gasteiger partial charge in [0.25, 0.3) is 11.5 Å². The van der Waals surface area contributed by atoms with E-state index in [0.717, 1.165) is 12.8 Å². The highest BCUT2D eigenvalue weighted by Crippen LogP contribution is 2.31. The number of pyridine rings is 1. The van der Waals surface area contributed by atoms with Crippen LogP contribution in [0.1, 0.15) is 36.5 Å². The Kier molecular flexibility index (Phi) is 5.22. The van der Waals surface area contributed by atoms with Gasteiger partial charge in [-0.1, -0.05) is 0 Å². The lowest BCUT2D eigenvalue weighted by Crippen LogP contribution is -2.57. The highest BCUT2D eigenvalue weighted by atomic mass is 16.2. The van der Waals surface area contributed by atoms with Gasteiger partial charge in [-0.3, -0.25) is 14.4 Å². The van der Waals surface area contributed by atoms with E-state index < -0.39 is 0 Å². The van der Waals surface area contributed by atoms with Gasteiger partial charge >= 0.3 is 0 Å². The summed E-state index contributed by atoms with van der Waals surface area (Å²) in [5, 5.41) is 0. The Morgan fingerprint density at radius 1 is 1.32 bits per heavy atom. The Labute approximate surface area is 147 Å². The second kappa shape index (κ2) is 7.39. The van der Waals surface area contributed by atoms with Gasteiger partial charge in [0.1, 0.15) is 0 Å². The van der Waals surface area contributed by atoms with E-state index in [0.29, 0.717) is 44.7 Å². The van der Waals surface area contributed by atoms with E-state index in [2.05, 4.69) is 0 Å². The molecular weight excluding hydrogens is 320 g/mol. The van der Waals surface area contributed by atoms with E-state index in [4.69, 9.17) is 5.73 Å². The van der Waals surface area contributed by atoms with Crippen LogP contribution in [0, 0.1) is 5.92 Å². The third-order valence-electron chi connectivity index (χ3n) is 5.38. The van der Waals surface area contributed by atoms with Crippen LogP contribution in [0.4, 0.5) is 0 Å². The maximum atomic E-state index is 12.8. The number of nitrogens with zero attached hydrogens (tertiary/aromatic N) is 3. The minimum atomic E-state index is -0.152. The largest absolute Gasteiger partial charge is 0.338 e. The van der Waals surface area contributed by atoms with Crippen molar-refractivity contribution in [3.05, 3.63) is 34.2 Å². The second-order valence-corrected chi connectivity index (χ2v) is 6.82. The summed E-state index contributed by atoms with van der Waals surface area (Å²) in [6.45, 7) is 4.77. The summed E-state index contributed by atoms with van der Waals surface area (Å²) in [6, 6.07) is 3.31. The normalized spacial score (nSPS) is 23.5. The third-order valence-corrected chi connectivity index (χ3v) is 5.38. The number of amides is 2. The minimum Gasteiger partial charge on any atom is -0.338 e. The standard InChI is InChI=1S/C18H26N4O3/c1-2-20-8-5-13(11-17(20)24)18(25)21-9-6-15-14(12-21)3-4-16(23)22(15)10-7-19/h5,8,11,14-15H,2-4,6-7,9-10,12,19H2,1H3. The molecule has 2 aliphatic heterocycles. The summed E-state index contributed by atoms with van der Waals surface area (Å²) in [7, 11) is 0. The number of carbonyl (C=O) groups is 2. The van der Waals surface area contributed by atoms with Crippen LogP contribution in [0.5, 0.6) is 0 Å². The number of rotatable bonds is 4. The Hall–Kier alpha value is -2.15. The summed E-state index contributed by atoms with van der Waals surface area (Å²) < 4.78 is 1.57. The van der Waals surface area contributed by atoms with Crippen LogP contribution >= 0.6 is 0 Å². The summed E-state index contributed by atoms with van der Waals surface area (Å²) in [6.07, 6.45) is 3.78. The molecule has 2 atom stereocenters. The smallest absolute Gasteiger partial charge is 0.254 e. The lowest BCUT2D eigenvalue weighted by molar-refractivity contribution is -0.140. The first-order valence-electron chi connectivity index (χ1n) is 9.04. The zero-order valence-corrected chi connectivity index (χ0v) is 14.7. The molecule has 2 amide bonds. The van der Waals surface area contributed by atoms with Crippen molar-refractivity contribution in [2.75, 3.05) is 26.2 Å². The number of piperidine rings is 2. The topological polar surface area (TPSA) is 88.6 Å². The molecule has 0 radical (unpaired) electrons.